The van der Waals surface area contributed by atoms with Gasteiger partial charge in [0, 0.05) is 44.5 Å². The molecule has 1 amide bonds. The molecule has 2 saturated heterocycles. The van der Waals surface area contributed by atoms with Gasteiger partial charge >= 0.3 is 0 Å². The number of hydrogen-bond donors (Lipinski definition) is 0. The van der Waals surface area contributed by atoms with Crippen molar-refractivity contribution >= 4 is 11.9 Å². The first-order valence-corrected chi connectivity index (χ1v) is 9.18. The highest BCUT2D eigenvalue weighted by Crippen LogP contribution is 2.24. The third-order valence-corrected chi connectivity index (χ3v) is 5.21. The summed E-state index contributed by atoms with van der Waals surface area (Å²) in [7, 11) is 2.09. The maximum absolute atomic E-state index is 12.8. The second-order valence-electron chi connectivity index (χ2n) is 7.04. The molecule has 2 fully saturated rings. The fourth-order valence-corrected chi connectivity index (χ4v) is 3.65. The van der Waals surface area contributed by atoms with Crippen LogP contribution in [0.5, 0.6) is 0 Å². The van der Waals surface area contributed by atoms with Crippen molar-refractivity contribution in [3.05, 3.63) is 17.5 Å². The third kappa shape index (κ3) is 3.69. The number of nitrogens with zero attached hydrogens (tertiary/aromatic N) is 5. The van der Waals surface area contributed by atoms with Gasteiger partial charge in [-0.15, -0.1) is 0 Å². The molecule has 0 aliphatic carbocycles. The Morgan fingerprint density at radius 1 is 1.17 bits per heavy atom. The zero-order valence-electron chi connectivity index (χ0n) is 15.2. The largest absolute Gasteiger partial charge is 0.338 e. The van der Waals surface area contributed by atoms with Crippen molar-refractivity contribution in [1.82, 2.24) is 19.8 Å². The van der Waals surface area contributed by atoms with Crippen LogP contribution in [-0.2, 0) is 0 Å². The summed E-state index contributed by atoms with van der Waals surface area (Å²) in [5, 5.41) is 0. The number of amides is 1. The van der Waals surface area contributed by atoms with E-state index in [9.17, 15) is 4.79 Å². The zero-order chi connectivity index (χ0) is 17.1. The van der Waals surface area contributed by atoms with E-state index in [2.05, 4.69) is 33.7 Å². The van der Waals surface area contributed by atoms with Gasteiger partial charge in [-0.3, -0.25) is 4.79 Å². The molecule has 0 saturated carbocycles. The molecule has 0 N–H and O–H groups in total. The molecule has 0 aromatic carbocycles. The first-order valence-electron chi connectivity index (χ1n) is 9.18. The molecule has 0 spiro atoms. The van der Waals surface area contributed by atoms with E-state index >= 15 is 0 Å². The highest BCUT2D eigenvalue weighted by atomic mass is 16.2. The van der Waals surface area contributed by atoms with Gasteiger partial charge in [-0.05, 0) is 45.7 Å². The Balaban J connectivity index is 1.82. The summed E-state index contributed by atoms with van der Waals surface area (Å²) in [6.07, 6.45) is 4.73. The van der Waals surface area contributed by atoms with E-state index in [0.717, 1.165) is 50.8 Å². The van der Waals surface area contributed by atoms with Crippen LogP contribution < -0.4 is 4.90 Å². The molecule has 2 aliphatic rings. The van der Waals surface area contributed by atoms with E-state index < -0.39 is 0 Å². The molecule has 6 nitrogen and oxygen atoms in total. The highest BCUT2D eigenvalue weighted by molar-refractivity contribution is 5.92. The normalized spacial score (nSPS) is 22.7. The van der Waals surface area contributed by atoms with Crippen molar-refractivity contribution in [2.45, 2.75) is 45.6 Å². The molecule has 24 heavy (non-hydrogen) atoms. The minimum atomic E-state index is 0.0416. The van der Waals surface area contributed by atoms with Gasteiger partial charge in [0.2, 0.25) is 5.95 Å². The minimum Gasteiger partial charge on any atom is -0.338 e. The summed E-state index contributed by atoms with van der Waals surface area (Å²) >= 11 is 0. The summed E-state index contributed by atoms with van der Waals surface area (Å²) < 4.78 is 0. The molecule has 1 aromatic rings. The molecule has 0 bridgehead atoms. The van der Waals surface area contributed by atoms with Crippen LogP contribution in [0, 0.1) is 6.92 Å². The lowest BCUT2D eigenvalue weighted by atomic mass is 10.0. The van der Waals surface area contributed by atoms with Gasteiger partial charge in [0.25, 0.3) is 5.91 Å². The molecule has 1 atom stereocenters. The Labute approximate surface area is 144 Å². The summed E-state index contributed by atoms with van der Waals surface area (Å²) in [5.41, 5.74) is 1.42. The fourth-order valence-electron chi connectivity index (χ4n) is 3.65. The van der Waals surface area contributed by atoms with Crippen LogP contribution >= 0.6 is 0 Å². The van der Waals surface area contributed by atoms with E-state index in [1.165, 1.54) is 19.3 Å². The monoisotopic (exact) mass is 331 g/mol. The topological polar surface area (TPSA) is 52.6 Å². The van der Waals surface area contributed by atoms with Gasteiger partial charge in [-0.1, -0.05) is 6.92 Å². The average Bonchev–Trinajstić information content (AvgIpc) is 2.61. The number of rotatable bonds is 3. The lowest BCUT2D eigenvalue weighted by Gasteiger charge is -2.36. The Bertz CT molecular complexity index is 583. The van der Waals surface area contributed by atoms with Crippen LogP contribution in [0.25, 0.3) is 0 Å². The maximum Gasteiger partial charge on any atom is 0.272 e. The van der Waals surface area contributed by atoms with Gasteiger partial charge in [0.1, 0.15) is 5.69 Å². The predicted molar refractivity (Wildman–Crippen MR) is 95.4 cm³/mol. The second-order valence-corrected chi connectivity index (χ2v) is 7.04. The summed E-state index contributed by atoms with van der Waals surface area (Å²) in [6, 6.07) is 2.32. The molecule has 3 rings (SSSR count). The Morgan fingerprint density at radius 3 is 2.62 bits per heavy atom. The minimum absolute atomic E-state index is 0.0416. The Kier molecular flexibility index (Phi) is 5.33. The van der Waals surface area contributed by atoms with Crippen LogP contribution in [0.3, 0.4) is 0 Å². The number of anilines is 1. The molecule has 2 aliphatic heterocycles. The van der Waals surface area contributed by atoms with Crippen molar-refractivity contribution in [3.8, 4) is 0 Å². The predicted octanol–water partition coefficient (Wildman–Crippen LogP) is 1.94. The van der Waals surface area contributed by atoms with Gasteiger partial charge in [0.15, 0.2) is 0 Å². The van der Waals surface area contributed by atoms with Crippen LogP contribution in [-0.4, -0.2) is 71.5 Å². The van der Waals surface area contributed by atoms with Gasteiger partial charge in [-0.25, -0.2) is 9.97 Å². The summed E-state index contributed by atoms with van der Waals surface area (Å²) in [6.45, 7) is 8.56. The van der Waals surface area contributed by atoms with Gasteiger partial charge < -0.3 is 14.7 Å². The maximum atomic E-state index is 12.8. The molecule has 132 valence electrons. The van der Waals surface area contributed by atoms with Gasteiger partial charge in [0.05, 0.1) is 0 Å². The molecular formula is C18H29N5O. The van der Waals surface area contributed by atoms with E-state index in [4.69, 9.17) is 0 Å². The van der Waals surface area contributed by atoms with E-state index in [1.54, 1.807) is 0 Å². The molecule has 0 radical (unpaired) electrons. The van der Waals surface area contributed by atoms with Crippen LogP contribution in [0.2, 0.25) is 0 Å². The van der Waals surface area contributed by atoms with Crippen molar-refractivity contribution in [1.29, 1.82) is 0 Å². The quantitative estimate of drug-likeness (QED) is 0.847. The smallest absolute Gasteiger partial charge is 0.272 e. The number of piperazine rings is 1. The first kappa shape index (κ1) is 17.1. The number of carbonyl (C=O) groups is 1. The Hall–Kier alpha value is -1.69. The van der Waals surface area contributed by atoms with Crippen LogP contribution in [0.1, 0.15) is 48.8 Å². The number of likely N-dealkylation sites (N-methyl/N-ethyl adjacent to an activating group) is 1. The van der Waals surface area contributed by atoms with E-state index in [1.807, 2.05) is 17.9 Å². The molecule has 1 aromatic heterocycles. The second kappa shape index (κ2) is 7.47. The number of hydrogen-bond acceptors (Lipinski definition) is 5. The number of piperidine rings is 1. The van der Waals surface area contributed by atoms with Gasteiger partial charge in [-0.2, -0.15) is 0 Å². The average molecular weight is 331 g/mol. The number of carbonyl (C=O) groups excluding carboxylic acids is 1. The van der Waals surface area contributed by atoms with Crippen molar-refractivity contribution < 1.29 is 4.79 Å². The molecule has 3 heterocycles. The Morgan fingerprint density at radius 2 is 1.92 bits per heavy atom. The lowest BCUT2D eigenvalue weighted by molar-refractivity contribution is 0.0658. The van der Waals surface area contributed by atoms with Crippen molar-refractivity contribution in [3.63, 3.8) is 0 Å². The van der Waals surface area contributed by atoms with Crippen LogP contribution in [0.4, 0.5) is 5.95 Å². The van der Waals surface area contributed by atoms with E-state index in [0.29, 0.717) is 11.7 Å². The fraction of sp³-hybridized carbons (Fsp3) is 0.722. The summed E-state index contributed by atoms with van der Waals surface area (Å²) in [4.78, 5) is 28.6. The number of aryl methyl sites for hydroxylation is 1. The summed E-state index contributed by atoms with van der Waals surface area (Å²) in [5.74, 6) is 0.777. The highest BCUT2D eigenvalue weighted by Gasteiger charge is 2.26. The van der Waals surface area contributed by atoms with Crippen molar-refractivity contribution in [2.75, 3.05) is 44.7 Å². The SMILES string of the molecule is CCC1CCCCN1c1nc(C)cc(C(=O)N2CCN(C)CC2)n1. The first-order chi connectivity index (χ1) is 11.6. The molecule has 6 heteroatoms. The molecular weight excluding hydrogens is 302 g/mol. The third-order valence-electron chi connectivity index (χ3n) is 5.21. The number of aromatic nitrogens is 2. The lowest BCUT2D eigenvalue weighted by Crippen LogP contribution is -2.47. The van der Waals surface area contributed by atoms with E-state index in [-0.39, 0.29) is 5.91 Å². The zero-order valence-corrected chi connectivity index (χ0v) is 15.2. The van der Waals surface area contributed by atoms with Crippen molar-refractivity contribution in [2.24, 2.45) is 0 Å². The van der Waals surface area contributed by atoms with Crippen LogP contribution in [0.15, 0.2) is 6.07 Å². The standard InChI is InChI=1S/C18H29N5O/c1-4-15-7-5-6-8-23(15)18-19-14(2)13-16(20-18)17(24)22-11-9-21(3)10-12-22/h13,15H,4-12H2,1-3H3. The molecule has 1 unspecified atom stereocenters.